The van der Waals surface area contributed by atoms with Crippen LogP contribution in [0.5, 0.6) is 0 Å². The van der Waals surface area contributed by atoms with Crippen molar-refractivity contribution in [3.8, 4) is 0 Å². The summed E-state index contributed by atoms with van der Waals surface area (Å²) in [6, 6.07) is 0. The maximum Gasteiger partial charge on any atom is 0.205 e. The van der Waals surface area contributed by atoms with Gasteiger partial charge in [-0.15, -0.1) is 0 Å². The van der Waals surface area contributed by atoms with Gasteiger partial charge in [0.1, 0.15) is 5.82 Å². The van der Waals surface area contributed by atoms with E-state index in [9.17, 15) is 0 Å². The topological polar surface area (TPSA) is 38.2 Å². The van der Waals surface area contributed by atoms with Crippen molar-refractivity contribution in [3.63, 3.8) is 0 Å². The molecule has 1 aliphatic rings. The SMILES string of the molecule is Cc1nsc(N2CC(C)OC(CBr)C2)n1. The lowest BCUT2D eigenvalue weighted by Crippen LogP contribution is -2.47. The summed E-state index contributed by atoms with van der Waals surface area (Å²) in [7, 11) is 0. The third kappa shape index (κ3) is 2.68. The molecule has 0 amide bonds. The number of halogens is 1. The molecule has 4 nitrogen and oxygen atoms in total. The van der Waals surface area contributed by atoms with E-state index in [0.29, 0.717) is 0 Å². The standard InChI is InChI=1S/C9H14BrN3OS/c1-6-4-13(5-8(3-10)14-6)9-11-7(2)12-15-9/h6,8H,3-5H2,1-2H3. The lowest BCUT2D eigenvalue weighted by molar-refractivity contribution is -0.00200. The number of morpholine rings is 1. The predicted octanol–water partition coefficient (Wildman–Crippen LogP) is 1.84. The highest BCUT2D eigenvalue weighted by Gasteiger charge is 2.26. The van der Waals surface area contributed by atoms with Crippen LogP contribution in [0.15, 0.2) is 0 Å². The molecular formula is C9H14BrN3OS. The first-order chi connectivity index (χ1) is 7.19. The van der Waals surface area contributed by atoms with E-state index in [4.69, 9.17) is 4.74 Å². The third-order valence-corrected chi connectivity index (χ3v) is 3.88. The van der Waals surface area contributed by atoms with Gasteiger partial charge in [-0.05, 0) is 13.8 Å². The zero-order valence-electron chi connectivity index (χ0n) is 8.81. The van der Waals surface area contributed by atoms with Crippen molar-refractivity contribution in [2.75, 3.05) is 23.3 Å². The highest BCUT2D eigenvalue weighted by atomic mass is 79.9. The first kappa shape index (κ1) is 11.3. The normalized spacial score (nSPS) is 27.0. The summed E-state index contributed by atoms with van der Waals surface area (Å²) in [5.74, 6) is 0.851. The second-order valence-corrected chi connectivity index (χ2v) is 5.13. The van der Waals surface area contributed by atoms with E-state index in [1.165, 1.54) is 11.5 Å². The van der Waals surface area contributed by atoms with Gasteiger partial charge < -0.3 is 9.64 Å². The lowest BCUT2D eigenvalue weighted by atomic mass is 10.2. The van der Waals surface area contributed by atoms with Gasteiger partial charge in [-0.25, -0.2) is 4.98 Å². The van der Waals surface area contributed by atoms with E-state index in [0.717, 1.165) is 29.4 Å². The molecule has 15 heavy (non-hydrogen) atoms. The molecule has 0 N–H and O–H groups in total. The summed E-state index contributed by atoms with van der Waals surface area (Å²) in [5, 5.41) is 1.87. The molecule has 84 valence electrons. The minimum absolute atomic E-state index is 0.248. The van der Waals surface area contributed by atoms with E-state index in [2.05, 4.69) is 37.1 Å². The zero-order valence-corrected chi connectivity index (χ0v) is 11.2. The van der Waals surface area contributed by atoms with E-state index in [1.54, 1.807) is 0 Å². The summed E-state index contributed by atoms with van der Waals surface area (Å²) in [6.45, 7) is 5.81. The van der Waals surface area contributed by atoms with E-state index < -0.39 is 0 Å². The van der Waals surface area contributed by atoms with E-state index in [-0.39, 0.29) is 12.2 Å². The third-order valence-electron chi connectivity index (χ3n) is 2.29. The van der Waals surface area contributed by atoms with Crippen LogP contribution in [-0.2, 0) is 4.74 Å². The zero-order chi connectivity index (χ0) is 10.8. The predicted molar refractivity (Wildman–Crippen MR) is 65.0 cm³/mol. The second kappa shape index (κ2) is 4.76. The number of hydrogen-bond acceptors (Lipinski definition) is 5. The number of ether oxygens (including phenoxy) is 1. The number of hydrogen-bond donors (Lipinski definition) is 0. The molecule has 0 bridgehead atoms. The number of alkyl halides is 1. The smallest absolute Gasteiger partial charge is 0.205 e. The van der Waals surface area contributed by atoms with Gasteiger partial charge in [-0.2, -0.15) is 4.37 Å². The van der Waals surface area contributed by atoms with Crippen LogP contribution in [0.1, 0.15) is 12.7 Å². The highest BCUT2D eigenvalue weighted by Crippen LogP contribution is 2.22. The first-order valence-corrected chi connectivity index (χ1v) is 6.85. The molecule has 0 spiro atoms. The van der Waals surface area contributed by atoms with Crippen molar-refractivity contribution in [1.29, 1.82) is 0 Å². The highest BCUT2D eigenvalue weighted by molar-refractivity contribution is 9.09. The van der Waals surface area contributed by atoms with E-state index >= 15 is 0 Å². The Morgan fingerprint density at radius 3 is 3.00 bits per heavy atom. The molecule has 0 saturated carbocycles. The van der Waals surface area contributed by atoms with Gasteiger partial charge in [0.05, 0.1) is 12.2 Å². The van der Waals surface area contributed by atoms with Crippen LogP contribution in [0, 0.1) is 6.92 Å². The second-order valence-electron chi connectivity index (χ2n) is 3.75. The molecular weight excluding hydrogens is 278 g/mol. The summed E-state index contributed by atoms with van der Waals surface area (Å²) in [5.41, 5.74) is 0. The molecule has 1 aromatic heterocycles. The van der Waals surface area contributed by atoms with Gasteiger partial charge >= 0.3 is 0 Å². The van der Waals surface area contributed by atoms with Gasteiger partial charge in [0.25, 0.3) is 0 Å². The minimum atomic E-state index is 0.248. The molecule has 1 aromatic rings. The molecule has 0 aliphatic carbocycles. The Hall–Kier alpha value is -0.200. The molecule has 1 aliphatic heterocycles. The van der Waals surface area contributed by atoms with Crippen LogP contribution in [0.4, 0.5) is 5.13 Å². The van der Waals surface area contributed by atoms with Crippen LogP contribution < -0.4 is 4.90 Å². The van der Waals surface area contributed by atoms with Crippen molar-refractivity contribution >= 4 is 32.6 Å². The molecule has 2 heterocycles. The van der Waals surface area contributed by atoms with Crippen LogP contribution in [0.2, 0.25) is 0 Å². The summed E-state index contributed by atoms with van der Waals surface area (Å²) >= 11 is 4.92. The Morgan fingerprint density at radius 2 is 2.40 bits per heavy atom. The van der Waals surface area contributed by atoms with Gasteiger partial charge in [0.15, 0.2) is 0 Å². The lowest BCUT2D eigenvalue weighted by Gasteiger charge is -2.35. The maximum atomic E-state index is 5.76. The fraction of sp³-hybridized carbons (Fsp3) is 0.778. The van der Waals surface area contributed by atoms with Gasteiger partial charge in [-0.1, -0.05) is 15.9 Å². The van der Waals surface area contributed by atoms with Crippen molar-refractivity contribution in [1.82, 2.24) is 9.36 Å². The summed E-state index contributed by atoms with van der Waals surface area (Å²) in [4.78, 5) is 6.65. The Kier molecular flexibility index (Phi) is 3.58. The average Bonchev–Trinajstić information content (AvgIpc) is 2.64. The van der Waals surface area contributed by atoms with Crippen molar-refractivity contribution in [3.05, 3.63) is 5.82 Å². The Balaban J connectivity index is 2.08. The number of aryl methyl sites for hydroxylation is 1. The Bertz CT molecular complexity index is 333. The largest absolute Gasteiger partial charge is 0.371 e. The van der Waals surface area contributed by atoms with Crippen LogP contribution in [0.3, 0.4) is 0 Å². The van der Waals surface area contributed by atoms with Gasteiger partial charge in [-0.3, -0.25) is 0 Å². The molecule has 0 aromatic carbocycles. The fourth-order valence-corrected chi connectivity index (χ4v) is 2.75. The maximum absolute atomic E-state index is 5.76. The molecule has 2 atom stereocenters. The monoisotopic (exact) mass is 291 g/mol. The van der Waals surface area contributed by atoms with Crippen LogP contribution in [0.25, 0.3) is 0 Å². The molecule has 1 fully saturated rings. The van der Waals surface area contributed by atoms with Crippen LogP contribution >= 0.6 is 27.5 Å². The molecule has 0 radical (unpaired) electrons. The summed E-state index contributed by atoms with van der Waals surface area (Å²) < 4.78 is 9.97. The minimum Gasteiger partial charge on any atom is -0.371 e. The number of nitrogens with zero attached hydrogens (tertiary/aromatic N) is 3. The molecule has 1 saturated heterocycles. The number of aromatic nitrogens is 2. The molecule has 2 unspecified atom stereocenters. The van der Waals surface area contributed by atoms with Crippen molar-refractivity contribution in [2.45, 2.75) is 26.1 Å². The molecule has 2 rings (SSSR count). The van der Waals surface area contributed by atoms with Crippen molar-refractivity contribution in [2.24, 2.45) is 0 Å². The average molecular weight is 292 g/mol. The van der Waals surface area contributed by atoms with Gasteiger partial charge in [0.2, 0.25) is 5.13 Å². The van der Waals surface area contributed by atoms with E-state index in [1.807, 2.05) is 6.92 Å². The Morgan fingerprint density at radius 1 is 1.60 bits per heavy atom. The first-order valence-electron chi connectivity index (χ1n) is 4.95. The fourth-order valence-electron chi connectivity index (χ4n) is 1.70. The number of rotatable bonds is 2. The summed E-state index contributed by atoms with van der Waals surface area (Å²) in [6.07, 6.45) is 0.503. The van der Waals surface area contributed by atoms with Crippen molar-refractivity contribution < 1.29 is 4.74 Å². The van der Waals surface area contributed by atoms with Crippen LogP contribution in [-0.4, -0.2) is 40.0 Å². The molecule has 6 heteroatoms. The quantitative estimate of drug-likeness (QED) is 0.780. The Labute approximate surface area is 102 Å². The number of anilines is 1. The van der Waals surface area contributed by atoms with Gasteiger partial charge in [0, 0.05) is 30.0 Å².